The standard InChI is InChI=1S/C18H25N5O4S2/c1-13-14(2)28-18(19-13)21-17-5-3-4-15(20-17)16-12-23(8-11-27-16)29(24,25)22-6-9-26-10-7-22/h3-5,16H,6-12H2,1-2H3,(H,19,20,21)/t16-/m1/s1. The van der Waals surface area contributed by atoms with Crippen LogP contribution in [-0.2, 0) is 19.7 Å². The van der Waals surface area contributed by atoms with Gasteiger partial charge in [0.15, 0.2) is 5.13 Å². The Morgan fingerprint density at radius 1 is 1.10 bits per heavy atom. The summed E-state index contributed by atoms with van der Waals surface area (Å²) in [6.07, 6.45) is -0.416. The van der Waals surface area contributed by atoms with E-state index in [1.165, 1.54) is 8.61 Å². The molecular formula is C18H25N5O4S2. The van der Waals surface area contributed by atoms with Gasteiger partial charge in [0.2, 0.25) is 0 Å². The maximum atomic E-state index is 13.0. The van der Waals surface area contributed by atoms with Crippen LogP contribution in [0.1, 0.15) is 22.4 Å². The number of nitrogens with one attached hydrogen (secondary N) is 1. The Morgan fingerprint density at radius 3 is 2.59 bits per heavy atom. The fraction of sp³-hybridized carbons (Fsp3) is 0.556. The average Bonchev–Trinajstić information content (AvgIpc) is 3.05. The van der Waals surface area contributed by atoms with Crippen LogP contribution in [0.25, 0.3) is 0 Å². The predicted octanol–water partition coefficient (Wildman–Crippen LogP) is 1.85. The highest BCUT2D eigenvalue weighted by molar-refractivity contribution is 7.86. The second-order valence-corrected chi connectivity index (χ2v) is 10.1. The second-order valence-electron chi connectivity index (χ2n) is 6.97. The summed E-state index contributed by atoms with van der Waals surface area (Å²) >= 11 is 1.57. The largest absolute Gasteiger partial charge is 0.379 e. The number of nitrogens with zero attached hydrogens (tertiary/aromatic N) is 4. The number of aryl methyl sites for hydroxylation is 2. The fourth-order valence-electron chi connectivity index (χ4n) is 3.29. The third kappa shape index (κ3) is 4.60. The van der Waals surface area contributed by atoms with Gasteiger partial charge < -0.3 is 14.8 Å². The zero-order chi connectivity index (χ0) is 20.4. The molecule has 29 heavy (non-hydrogen) atoms. The van der Waals surface area contributed by atoms with Gasteiger partial charge in [-0.15, -0.1) is 11.3 Å². The Hall–Kier alpha value is -1.63. The first-order chi connectivity index (χ1) is 13.9. The fourth-order valence-corrected chi connectivity index (χ4v) is 5.68. The van der Waals surface area contributed by atoms with Crippen molar-refractivity contribution >= 4 is 32.5 Å². The molecule has 9 nitrogen and oxygen atoms in total. The van der Waals surface area contributed by atoms with E-state index < -0.39 is 16.3 Å². The number of aromatic nitrogens is 2. The third-order valence-electron chi connectivity index (χ3n) is 5.02. The number of pyridine rings is 1. The van der Waals surface area contributed by atoms with Crippen LogP contribution >= 0.6 is 11.3 Å². The summed E-state index contributed by atoms with van der Waals surface area (Å²) in [6, 6.07) is 5.61. The van der Waals surface area contributed by atoms with Gasteiger partial charge in [-0.05, 0) is 26.0 Å². The quantitative estimate of drug-likeness (QED) is 0.759. The zero-order valence-corrected chi connectivity index (χ0v) is 18.1. The molecule has 0 amide bonds. The summed E-state index contributed by atoms with van der Waals surface area (Å²) in [5.41, 5.74) is 1.69. The maximum Gasteiger partial charge on any atom is 0.282 e. The van der Waals surface area contributed by atoms with E-state index in [2.05, 4.69) is 15.3 Å². The number of thiazole rings is 1. The highest BCUT2D eigenvalue weighted by Crippen LogP contribution is 2.27. The van der Waals surface area contributed by atoms with Gasteiger partial charge in [0.05, 0.1) is 31.2 Å². The normalized spacial score (nSPS) is 21.9. The lowest BCUT2D eigenvalue weighted by Crippen LogP contribution is -2.52. The van der Waals surface area contributed by atoms with Crippen molar-refractivity contribution < 1.29 is 17.9 Å². The van der Waals surface area contributed by atoms with Crippen LogP contribution in [0.5, 0.6) is 0 Å². The molecule has 0 bridgehead atoms. The molecule has 11 heteroatoms. The minimum Gasteiger partial charge on any atom is -0.379 e. The van der Waals surface area contributed by atoms with Crippen LogP contribution in [-0.4, -0.2) is 73.0 Å². The summed E-state index contributed by atoms with van der Waals surface area (Å²) in [6.45, 7) is 6.54. The van der Waals surface area contributed by atoms with Crippen LogP contribution in [0.15, 0.2) is 18.2 Å². The molecule has 2 aliphatic rings. The third-order valence-corrected chi connectivity index (χ3v) is 8.01. The molecule has 1 N–H and O–H groups in total. The second kappa shape index (κ2) is 8.62. The molecule has 158 valence electrons. The van der Waals surface area contributed by atoms with E-state index >= 15 is 0 Å². The first kappa shape index (κ1) is 20.6. The van der Waals surface area contributed by atoms with Gasteiger partial charge in [-0.25, -0.2) is 9.97 Å². The van der Waals surface area contributed by atoms with Gasteiger partial charge in [0, 0.05) is 31.1 Å². The van der Waals surface area contributed by atoms with Gasteiger partial charge in [-0.3, -0.25) is 0 Å². The molecule has 0 radical (unpaired) electrons. The molecule has 4 rings (SSSR count). The number of hydrogen-bond acceptors (Lipinski definition) is 8. The lowest BCUT2D eigenvalue weighted by Gasteiger charge is -2.36. The van der Waals surface area contributed by atoms with E-state index in [9.17, 15) is 8.42 Å². The van der Waals surface area contributed by atoms with Gasteiger partial charge in [-0.2, -0.15) is 17.0 Å². The lowest BCUT2D eigenvalue weighted by molar-refractivity contribution is -0.00837. The van der Waals surface area contributed by atoms with E-state index in [1.807, 2.05) is 32.0 Å². The monoisotopic (exact) mass is 439 g/mol. The van der Waals surface area contributed by atoms with Gasteiger partial charge in [0.25, 0.3) is 10.2 Å². The number of ether oxygens (including phenoxy) is 2. The Labute approximate surface area is 174 Å². The minimum absolute atomic E-state index is 0.242. The molecule has 2 fully saturated rings. The van der Waals surface area contributed by atoms with Gasteiger partial charge in [-0.1, -0.05) is 6.07 Å². The lowest BCUT2D eigenvalue weighted by atomic mass is 10.2. The highest BCUT2D eigenvalue weighted by atomic mass is 32.2. The Bertz CT molecular complexity index is 939. The van der Waals surface area contributed by atoms with E-state index in [0.29, 0.717) is 51.0 Å². The van der Waals surface area contributed by atoms with Crippen LogP contribution in [0.2, 0.25) is 0 Å². The SMILES string of the molecule is Cc1nc(Nc2cccc([C@H]3CN(S(=O)(=O)N4CCOCC4)CCO3)n2)sc1C. The van der Waals surface area contributed by atoms with E-state index in [0.717, 1.165) is 15.7 Å². The van der Waals surface area contributed by atoms with Crippen LogP contribution in [0.3, 0.4) is 0 Å². The summed E-state index contributed by atoms with van der Waals surface area (Å²) in [7, 11) is -3.53. The average molecular weight is 440 g/mol. The predicted molar refractivity (Wildman–Crippen MR) is 111 cm³/mol. The molecule has 0 unspecified atom stereocenters. The summed E-state index contributed by atoms with van der Waals surface area (Å²) in [5, 5.41) is 4.01. The van der Waals surface area contributed by atoms with Crippen molar-refractivity contribution in [1.82, 2.24) is 18.6 Å². The molecule has 1 atom stereocenters. The molecule has 0 saturated carbocycles. The summed E-state index contributed by atoms with van der Waals surface area (Å²) in [4.78, 5) is 10.3. The van der Waals surface area contributed by atoms with Crippen LogP contribution < -0.4 is 5.32 Å². The number of hydrogen-bond donors (Lipinski definition) is 1. The number of anilines is 2. The molecular weight excluding hydrogens is 414 g/mol. The van der Waals surface area contributed by atoms with E-state index in [4.69, 9.17) is 9.47 Å². The Balaban J connectivity index is 1.48. The highest BCUT2D eigenvalue weighted by Gasteiger charge is 2.35. The molecule has 0 aliphatic carbocycles. The molecule has 2 aliphatic heterocycles. The van der Waals surface area contributed by atoms with Crippen LogP contribution in [0.4, 0.5) is 10.9 Å². The number of rotatable bonds is 5. The van der Waals surface area contributed by atoms with E-state index in [-0.39, 0.29) is 6.54 Å². The zero-order valence-electron chi connectivity index (χ0n) is 16.5. The van der Waals surface area contributed by atoms with Gasteiger partial charge in [0.1, 0.15) is 11.9 Å². The molecule has 0 aromatic carbocycles. The maximum absolute atomic E-state index is 13.0. The summed E-state index contributed by atoms with van der Waals surface area (Å²) < 4.78 is 40.0. The molecule has 2 aromatic heterocycles. The molecule has 4 heterocycles. The summed E-state index contributed by atoms with van der Waals surface area (Å²) in [5.74, 6) is 0.660. The van der Waals surface area contributed by atoms with Crippen molar-refractivity contribution in [3.05, 3.63) is 34.5 Å². The van der Waals surface area contributed by atoms with Crippen molar-refractivity contribution in [2.24, 2.45) is 0 Å². The van der Waals surface area contributed by atoms with Crippen molar-refractivity contribution in [1.29, 1.82) is 0 Å². The number of morpholine rings is 2. The Kier molecular flexibility index (Phi) is 6.13. The topological polar surface area (TPSA) is 96.9 Å². The minimum atomic E-state index is -3.53. The van der Waals surface area contributed by atoms with Crippen LogP contribution in [0, 0.1) is 13.8 Å². The van der Waals surface area contributed by atoms with Crippen molar-refractivity contribution in [2.45, 2.75) is 20.0 Å². The first-order valence-electron chi connectivity index (χ1n) is 9.56. The van der Waals surface area contributed by atoms with Crippen molar-refractivity contribution in [3.63, 3.8) is 0 Å². The van der Waals surface area contributed by atoms with Crippen molar-refractivity contribution in [3.8, 4) is 0 Å². The molecule has 2 aromatic rings. The van der Waals surface area contributed by atoms with Gasteiger partial charge >= 0.3 is 0 Å². The molecule has 2 saturated heterocycles. The van der Waals surface area contributed by atoms with E-state index in [1.54, 1.807) is 11.3 Å². The Morgan fingerprint density at radius 2 is 1.86 bits per heavy atom. The smallest absolute Gasteiger partial charge is 0.282 e. The molecule has 0 spiro atoms. The van der Waals surface area contributed by atoms with Crippen molar-refractivity contribution in [2.75, 3.05) is 51.3 Å². The first-order valence-corrected chi connectivity index (χ1v) is 11.8.